The lowest BCUT2D eigenvalue weighted by Crippen LogP contribution is -2.33. The fraction of sp³-hybridized carbons (Fsp3) is 0.0952. The van der Waals surface area contributed by atoms with Crippen LogP contribution in [0.1, 0.15) is 11.1 Å². The third-order valence-electron chi connectivity index (χ3n) is 4.14. The van der Waals surface area contributed by atoms with Gasteiger partial charge in [0.05, 0.1) is 10.2 Å². The molecule has 0 unspecified atom stereocenters. The molecule has 5 nitrogen and oxygen atoms in total. The fourth-order valence-corrected chi connectivity index (χ4v) is 4.21. The first-order valence-electron chi connectivity index (χ1n) is 8.80. The molecule has 3 N–H and O–H groups in total. The normalized spacial score (nSPS) is 10.6. The zero-order valence-electron chi connectivity index (χ0n) is 15.5. The van der Waals surface area contributed by atoms with Crippen molar-refractivity contribution in [2.45, 2.75) is 13.8 Å². The van der Waals surface area contributed by atoms with Crippen molar-refractivity contribution < 1.29 is 0 Å². The molecule has 28 heavy (non-hydrogen) atoms. The highest BCUT2D eigenvalue weighted by atomic mass is 32.1. The number of benzene rings is 2. The minimum Gasteiger partial charge on any atom is -0.331 e. The van der Waals surface area contributed by atoms with E-state index in [9.17, 15) is 0 Å². The first kappa shape index (κ1) is 18.3. The molecule has 0 atom stereocenters. The van der Waals surface area contributed by atoms with E-state index in [1.807, 2.05) is 30.3 Å². The van der Waals surface area contributed by atoms with Crippen molar-refractivity contribution in [2.24, 2.45) is 0 Å². The molecule has 2 heterocycles. The zero-order valence-corrected chi connectivity index (χ0v) is 17.1. The number of nitrogens with one attached hydrogen (secondary N) is 3. The van der Waals surface area contributed by atoms with Crippen LogP contribution in [0, 0.1) is 13.8 Å². The van der Waals surface area contributed by atoms with Gasteiger partial charge in [0.1, 0.15) is 6.33 Å². The number of aryl methyl sites for hydroxylation is 2. The van der Waals surface area contributed by atoms with E-state index in [0.29, 0.717) is 10.9 Å². The summed E-state index contributed by atoms with van der Waals surface area (Å²) in [4.78, 5) is 9.94. The van der Waals surface area contributed by atoms with Crippen molar-refractivity contribution in [3.8, 4) is 10.4 Å². The van der Waals surface area contributed by atoms with Crippen LogP contribution >= 0.6 is 23.6 Å². The number of anilines is 2. The second-order valence-corrected chi connectivity index (χ2v) is 7.95. The van der Waals surface area contributed by atoms with Gasteiger partial charge in [0.25, 0.3) is 0 Å². The SMILES string of the molecule is Cc1cc(C)cc(-c2cc3ncnc(NNC(=S)Nc4ccccc4)c3s2)c1. The quantitative estimate of drug-likeness (QED) is 0.317. The summed E-state index contributed by atoms with van der Waals surface area (Å²) in [6, 6.07) is 18.4. The molecular formula is C21H19N5S2. The van der Waals surface area contributed by atoms with Crippen molar-refractivity contribution in [2.75, 3.05) is 10.7 Å². The van der Waals surface area contributed by atoms with Crippen LogP contribution in [0.15, 0.2) is 60.9 Å². The number of hydrazine groups is 1. The number of thiophene rings is 1. The van der Waals surface area contributed by atoms with Crippen LogP contribution in [0.5, 0.6) is 0 Å². The summed E-state index contributed by atoms with van der Waals surface area (Å²) in [6.07, 6.45) is 1.55. The second kappa shape index (κ2) is 7.92. The van der Waals surface area contributed by atoms with Gasteiger partial charge in [-0.1, -0.05) is 47.5 Å². The highest BCUT2D eigenvalue weighted by Gasteiger charge is 2.11. The largest absolute Gasteiger partial charge is 0.331 e. The van der Waals surface area contributed by atoms with Crippen molar-refractivity contribution in [1.82, 2.24) is 15.4 Å². The van der Waals surface area contributed by atoms with Crippen molar-refractivity contribution in [3.05, 3.63) is 72.1 Å². The minimum absolute atomic E-state index is 0.462. The Morgan fingerprint density at radius 3 is 2.46 bits per heavy atom. The first-order chi connectivity index (χ1) is 13.6. The summed E-state index contributed by atoms with van der Waals surface area (Å²) in [5.41, 5.74) is 11.6. The summed E-state index contributed by atoms with van der Waals surface area (Å²) in [5.74, 6) is 0.697. The van der Waals surface area contributed by atoms with Gasteiger partial charge >= 0.3 is 0 Å². The molecule has 0 saturated carbocycles. The minimum atomic E-state index is 0.462. The van der Waals surface area contributed by atoms with Crippen molar-refractivity contribution >= 4 is 50.4 Å². The van der Waals surface area contributed by atoms with Crippen LogP contribution in [-0.2, 0) is 0 Å². The molecule has 0 bridgehead atoms. The van der Waals surface area contributed by atoms with E-state index < -0.39 is 0 Å². The van der Waals surface area contributed by atoms with Crippen molar-refractivity contribution in [3.63, 3.8) is 0 Å². The molecule has 0 radical (unpaired) electrons. The van der Waals surface area contributed by atoms with Crippen LogP contribution in [0.25, 0.3) is 20.7 Å². The third-order valence-corrected chi connectivity index (χ3v) is 5.53. The molecule has 4 aromatic rings. The fourth-order valence-electron chi connectivity index (χ4n) is 3.00. The van der Waals surface area contributed by atoms with Crippen molar-refractivity contribution in [1.29, 1.82) is 0 Å². The van der Waals surface area contributed by atoms with Gasteiger partial charge in [-0.2, -0.15) is 0 Å². The van der Waals surface area contributed by atoms with Gasteiger partial charge in [0, 0.05) is 10.6 Å². The molecule has 0 aliphatic carbocycles. The Morgan fingerprint density at radius 2 is 1.71 bits per heavy atom. The molecule has 2 aromatic heterocycles. The Labute approximate surface area is 172 Å². The molecule has 0 aliphatic rings. The van der Waals surface area contributed by atoms with Gasteiger partial charge in [0.2, 0.25) is 0 Å². The lowest BCUT2D eigenvalue weighted by molar-refractivity contribution is 1.09. The molecular weight excluding hydrogens is 386 g/mol. The number of hydrogen-bond donors (Lipinski definition) is 3. The summed E-state index contributed by atoms with van der Waals surface area (Å²) in [7, 11) is 0. The number of hydrogen-bond acceptors (Lipinski definition) is 5. The monoisotopic (exact) mass is 405 g/mol. The summed E-state index contributed by atoms with van der Waals surface area (Å²) < 4.78 is 0.978. The molecule has 4 rings (SSSR count). The Morgan fingerprint density at radius 1 is 0.964 bits per heavy atom. The maximum absolute atomic E-state index is 5.34. The van der Waals surface area contributed by atoms with E-state index in [2.05, 4.69) is 64.2 Å². The summed E-state index contributed by atoms with van der Waals surface area (Å²) in [6.45, 7) is 4.22. The highest BCUT2D eigenvalue weighted by Crippen LogP contribution is 2.36. The zero-order chi connectivity index (χ0) is 19.5. The Balaban J connectivity index is 1.55. The molecule has 7 heteroatoms. The average Bonchev–Trinajstić information content (AvgIpc) is 3.11. The lowest BCUT2D eigenvalue weighted by atomic mass is 10.1. The predicted molar refractivity (Wildman–Crippen MR) is 122 cm³/mol. The van der Waals surface area contributed by atoms with Gasteiger partial charge in [-0.05, 0) is 49.8 Å². The van der Waals surface area contributed by atoms with E-state index in [0.717, 1.165) is 20.8 Å². The van der Waals surface area contributed by atoms with E-state index in [-0.39, 0.29) is 0 Å². The van der Waals surface area contributed by atoms with E-state index in [1.165, 1.54) is 16.7 Å². The van der Waals surface area contributed by atoms with Gasteiger partial charge < -0.3 is 5.32 Å². The summed E-state index contributed by atoms with van der Waals surface area (Å²) >= 11 is 7.00. The lowest BCUT2D eigenvalue weighted by Gasteiger charge is -2.12. The molecule has 0 aliphatic heterocycles. The number of para-hydroxylation sites is 1. The van der Waals surface area contributed by atoms with E-state index in [4.69, 9.17) is 12.2 Å². The van der Waals surface area contributed by atoms with Crippen LogP contribution < -0.4 is 16.2 Å². The van der Waals surface area contributed by atoms with E-state index in [1.54, 1.807) is 17.7 Å². The van der Waals surface area contributed by atoms with Crippen LogP contribution in [0.4, 0.5) is 11.5 Å². The third kappa shape index (κ3) is 4.11. The van der Waals surface area contributed by atoms with Gasteiger partial charge in [0.15, 0.2) is 10.9 Å². The topological polar surface area (TPSA) is 61.9 Å². The molecule has 0 saturated heterocycles. The molecule has 140 valence electrons. The van der Waals surface area contributed by atoms with Crippen LogP contribution in [0.3, 0.4) is 0 Å². The average molecular weight is 406 g/mol. The van der Waals surface area contributed by atoms with Gasteiger partial charge in [-0.3, -0.25) is 10.9 Å². The first-order valence-corrected chi connectivity index (χ1v) is 10.0. The highest BCUT2D eigenvalue weighted by molar-refractivity contribution is 7.80. The standard InChI is InChI=1S/C21H19N5S2/c1-13-8-14(2)10-15(9-13)18-11-17-19(28-18)20(23-12-22-17)25-26-21(27)24-16-6-4-3-5-7-16/h3-12H,1-2H3,(H,22,23,25)(H2,24,26,27). The Bertz CT molecular complexity index is 1120. The molecule has 0 amide bonds. The summed E-state index contributed by atoms with van der Waals surface area (Å²) in [5, 5.41) is 3.58. The maximum Gasteiger partial charge on any atom is 0.189 e. The predicted octanol–water partition coefficient (Wildman–Crippen LogP) is 5.29. The Hall–Kier alpha value is -3.03. The van der Waals surface area contributed by atoms with Gasteiger partial charge in [-0.15, -0.1) is 11.3 Å². The number of fused-ring (bicyclic) bond motifs is 1. The van der Waals surface area contributed by atoms with Crippen LogP contribution in [0.2, 0.25) is 0 Å². The number of rotatable bonds is 4. The smallest absolute Gasteiger partial charge is 0.189 e. The molecule has 0 fully saturated rings. The molecule has 0 spiro atoms. The number of thiocarbonyl (C=S) groups is 1. The second-order valence-electron chi connectivity index (χ2n) is 6.49. The van der Waals surface area contributed by atoms with Crippen LogP contribution in [-0.4, -0.2) is 15.1 Å². The van der Waals surface area contributed by atoms with Gasteiger partial charge in [-0.25, -0.2) is 9.97 Å². The maximum atomic E-state index is 5.34. The van der Waals surface area contributed by atoms with E-state index >= 15 is 0 Å². The Kier molecular flexibility index (Phi) is 5.18. The molecule has 2 aromatic carbocycles. The number of aromatic nitrogens is 2. The number of nitrogens with zero attached hydrogens (tertiary/aromatic N) is 2.